The van der Waals surface area contributed by atoms with E-state index in [0.29, 0.717) is 6.10 Å². The first-order valence-corrected chi connectivity index (χ1v) is 7.31. The Morgan fingerprint density at radius 2 is 1.89 bits per heavy atom. The third-order valence-electron chi connectivity index (χ3n) is 3.40. The third kappa shape index (κ3) is 5.92. The summed E-state index contributed by atoms with van der Waals surface area (Å²) in [4.78, 5) is 0. The van der Waals surface area contributed by atoms with Crippen LogP contribution in [0.5, 0.6) is 0 Å². The van der Waals surface area contributed by atoms with Crippen molar-refractivity contribution in [2.75, 3.05) is 19.7 Å². The standard InChI is InChI=1S/C17H23NO/c1-3-8-16(9-4-1)10-7-13-18-14-15-19-17-11-5-2-6-12-17/h1,3-4,8-9,17-18H,2,5-6,11-15H2. The van der Waals surface area contributed by atoms with Gasteiger partial charge in [0.2, 0.25) is 0 Å². The zero-order valence-electron chi connectivity index (χ0n) is 11.5. The zero-order valence-corrected chi connectivity index (χ0v) is 11.5. The zero-order chi connectivity index (χ0) is 13.2. The Bertz CT molecular complexity index is 398. The van der Waals surface area contributed by atoms with Gasteiger partial charge in [0.05, 0.1) is 19.3 Å². The molecule has 0 saturated heterocycles. The minimum absolute atomic E-state index is 0.506. The summed E-state index contributed by atoms with van der Waals surface area (Å²) in [6.45, 7) is 2.42. The number of hydrogen-bond acceptors (Lipinski definition) is 2. The first-order valence-electron chi connectivity index (χ1n) is 7.31. The summed E-state index contributed by atoms with van der Waals surface area (Å²) in [5.74, 6) is 6.26. The molecule has 1 aromatic carbocycles. The average Bonchev–Trinajstić information content (AvgIpc) is 2.48. The summed E-state index contributed by atoms with van der Waals surface area (Å²) in [6.07, 6.45) is 7.04. The number of ether oxygens (including phenoxy) is 1. The van der Waals surface area contributed by atoms with E-state index in [-0.39, 0.29) is 0 Å². The molecule has 0 heterocycles. The minimum Gasteiger partial charge on any atom is -0.377 e. The molecule has 19 heavy (non-hydrogen) atoms. The third-order valence-corrected chi connectivity index (χ3v) is 3.40. The fourth-order valence-corrected chi connectivity index (χ4v) is 2.35. The van der Waals surface area contributed by atoms with Gasteiger partial charge in [-0.1, -0.05) is 49.3 Å². The lowest BCUT2D eigenvalue weighted by atomic mass is 9.98. The van der Waals surface area contributed by atoms with Crippen molar-refractivity contribution < 1.29 is 4.74 Å². The molecule has 2 nitrogen and oxygen atoms in total. The van der Waals surface area contributed by atoms with Crippen molar-refractivity contribution in [2.45, 2.75) is 38.2 Å². The van der Waals surface area contributed by atoms with Crippen molar-refractivity contribution in [1.29, 1.82) is 0 Å². The second kappa shape index (κ2) is 8.74. The van der Waals surface area contributed by atoms with E-state index in [0.717, 1.165) is 25.3 Å². The molecule has 1 saturated carbocycles. The summed E-state index contributed by atoms with van der Waals surface area (Å²) < 4.78 is 5.84. The lowest BCUT2D eigenvalue weighted by Gasteiger charge is -2.21. The van der Waals surface area contributed by atoms with Crippen LogP contribution in [0, 0.1) is 11.8 Å². The molecule has 2 rings (SSSR count). The second-order valence-corrected chi connectivity index (χ2v) is 4.98. The van der Waals surface area contributed by atoms with Crippen LogP contribution in [0.2, 0.25) is 0 Å². The van der Waals surface area contributed by atoms with Gasteiger partial charge in [-0.25, -0.2) is 0 Å². The highest BCUT2D eigenvalue weighted by molar-refractivity contribution is 5.33. The van der Waals surface area contributed by atoms with Crippen LogP contribution in [0.3, 0.4) is 0 Å². The minimum atomic E-state index is 0.506. The monoisotopic (exact) mass is 257 g/mol. The predicted octanol–water partition coefficient (Wildman–Crippen LogP) is 2.98. The molecule has 0 spiro atoms. The maximum absolute atomic E-state index is 5.84. The van der Waals surface area contributed by atoms with Gasteiger partial charge in [-0.15, -0.1) is 0 Å². The highest BCUT2D eigenvalue weighted by Crippen LogP contribution is 2.19. The van der Waals surface area contributed by atoms with Crippen molar-refractivity contribution in [3.05, 3.63) is 35.9 Å². The van der Waals surface area contributed by atoms with E-state index in [2.05, 4.69) is 17.2 Å². The van der Waals surface area contributed by atoms with Crippen molar-refractivity contribution >= 4 is 0 Å². The number of hydrogen-bond donors (Lipinski definition) is 1. The topological polar surface area (TPSA) is 21.3 Å². The van der Waals surface area contributed by atoms with Gasteiger partial charge in [0.25, 0.3) is 0 Å². The lowest BCUT2D eigenvalue weighted by Crippen LogP contribution is -2.24. The molecular formula is C17H23NO. The van der Waals surface area contributed by atoms with Crippen LogP contribution in [0.15, 0.2) is 30.3 Å². The highest BCUT2D eigenvalue weighted by atomic mass is 16.5. The van der Waals surface area contributed by atoms with Gasteiger partial charge in [-0.2, -0.15) is 0 Å². The molecular weight excluding hydrogens is 234 g/mol. The molecule has 0 aromatic heterocycles. The number of nitrogens with one attached hydrogen (secondary N) is 1. The number of rotatable bonds is 5. The van der Waals surface area contributed by atoms with E-state index in [1.54, 1.807) is 0 Å². The maximum atomic E-state index is 5.84. The van der Waals surface area contributed by atoms with E-state index in [1.807, 2.05) is 30.3 Å². The molecule has 2 heteroatoms. The van der Waals surface area contributed by atoms with Gasteiger partial charge >= 0.3 is 0 Å². The van der Waals surface area contributed by atoms with Gasteiger partial charge in [0.15, 0.2) is 0 Å². The van der Waals surface area contributed by atoms with Crippen LogP contribution in [-0.4, -0.2) is 25.8 Å². The molecule has 102 valence electrons. The van der Waals surface area contributed by atoms with Crippen LogP contribution in [0.1, 0.15) is 37.7 Å². The van der Waals surface area contributed by atoms with Crippen LogP contribution in [0.25, 0.3) is 0 Å². The normalized spacial score (nSPS) is 15.8. The fraction of sp³-hybridized carbons (Fsp3) is 0.529. The van der Waals surface area contributed by atoms with Crippen LogP contribution in [-0.2, 0) is 4.74 Å². The summed E-state index contributed by atoms with van der Waals surface area (Å²) in [7, 11) is 0. The Labute approximate surface area is 116 Å². The van der Waals surface area contributed by atoms with Crippen molar-refractivity contribution in [3.63, 3.8) is 0 Å². The molecule has 0 aliphatic heterocycles. The molecule has 1 fully saturated rings. The quantitative estimate of drug-likeness (QED) is 0.647. The Hall–Kier alpha value is -1.30. The molecule has 1 aliphatic rings. The van der Waals surface area contributed by atoms with E-state index in [1.165, 1.54) is 32.1 Å². The Morgan fingerprint density at radius 3 is 2.68 bits per heavy atom. The predicted molar refractivity (Wildman–Crippen MR) is 79.0 cm³/mol. The van der Waals surface area contributed by atoms with Crippen molar-refractivity contribution in [1.82, 2.24) is 5.32 Å². The number of benzene rings is 1. The largest absolute Gasteiger partial charge is 0.377 e. The van der Waals surface area contributed by atoms with E-state index < -0.39 is 0 Å². The average molecular weight is 257 g/mol. The van der Waals surface area contributed by atoms with Crippen LogP contribution in [0.4, 0.5) is 0 Å². The Morgan fingerprint density at radius 1 is 1.11 bits per heavy atom. The fourth-order valence-electron chi connectivity index (χ4n) is 2.35. The van der Waals surface area contributed by atoms with Gasteiger partial charge in [-0.3, -0.25) is 0 Å². The van der Waals surface area contributed by atoms with Gasteiger partial charge in [0.1, 0.15) is 0 Å². The molecule has 0 atom stereocenters. The summed E-state index contributed by atoms with van der Waals surface area (Å²) in [5.41, 5.74) is 1.07. The van der Waals surface area contributed by atoms with Gasteiger partial charge < -0.3 is 10.1 Å². The first-order chi connectivity index (χ1) is 9.45. The Kier molecular flexibility index (Phi) is 6.49. The summed E-state index contributed by atoms with van der Waals surface area (Å²) >= 11 is 0. The highest BCUT2D eigenvalue weighted by Gasteiger charge is 2.12. The molecule has 0 unspecified atom stereocenters. The van der Waals surface area contributed by atoms with Crippen LogP contribution >= 0.6 is 0 Å². The van der Waals surface area contributed by atoms with Gasteiger partial charge in [-0.05, 0) is 25.0 Å². The molecule has 0 bridgehead atoms. The van der Waals surface area contributed by atoms with E-state index in [4.69, 9.17) is 4.74 Å². The molecule has 1 N–H and O–H groups in total. The lowest BCUT2D eigenvalue weighted by molar-refractivity contribution is 0.0307. The Balaban J connectivity index is 1.51. The molecule has 1 aromatic rings. The first kappa shape index (κ1) is 14.1. The molecule has 0 amide bonds. The van der Waals surface area contributed by atoms with Crippen molar-refractivity contribution in [2.24, 2.45) is 0 Å². The van der Waals surface area contributed by atoms with E-state index in [9.17, 15) is 0 Å². The summed E-state index contributed by atoms with van der Waals surface area (Å²) in [6, 6.07) is 10.1. The maximum Gasteiger partial charge on any atom is 0.0595 e. The van der Waals surface area contributed by atoms with E-state index >= 15 is 0 Å². The van der Waals surface area contributed by atoms with Crippen molar-refractivity contribution in [3.8, 4) is 11.8 Å². The smallest absolute Gasteiger partial charge is 0.0595 e. The van der Waals surface area contributed by atoms with Gasteiger partial charge in [0, 0.05) is 12.1 Å². The molecule has 1 aliphatic carbocycles. The second-order valence-electron chi connectivity index (χ2n) is 4.98. The molecule has 0 radical (unpaired) electrons. The SMILES string of the molecule is C(#Cc1ccccc1)CNCCOC1CCCCC1. The van der Waals surface area contributed by atoms with Crippen LogP contribution < -0.4 is 5.32 Å². The summed E-state index contributed by atoms with van der Waals surface area (Å²) in [5, 5.41) is 3.30.